The van der Waals surface area contributed by atoms with Gasteiger partial charge in [0.15, 0.2) is 0 Å². The molecular weight excluding hydrogens is 205 g/mol. The van der Waals surface area contributed by atoms with Crippen molar-refractivity contribution in [3.63, 3.8) is 0 Å². The molecule has 84 valence electrons. The van der Waals surface area contributed by atoms with Gasteiger partial charge in [-0.05, 0) is 19.4 Å². The summed E-state index contributed by atoms with van der Waals surface area (Å²) < 4.78 is 10.2. The number of hydrogen-bond donors (Lipinski definition) is 0. The van der Waals surface area contributed by atoms with E-state index in [0.29, 0.717) is 37.3 Å². The number of nitrogens with zero attached hydrogens (tertiary/aromatic N) is 1. The summed E-state index contributed by atoms with van der Waals surface area (Å²) in [5.41, 5.74) is 0.558. The third-order valence-corrected chi connectivity index (χ3v) is 1.83. The molecule has 0 saturated carbocycles. The molecule has 1 rings (SSSR count). The highest BCUT2D eigenvalue weighted by Crippen LogP contribution is 2.05. The van der Waals surface area contributed by atoms with Gasteiger partial charge in [0.2, 0.25) is 0 Å². The Kier molecular flexibility index (Phi) is 5.39. The lowest BCUT2D eigenvalue weighted by atomic mass is 9.99. The Morgan fingerprint density at radius 1 is 1.50 bits per heavy atom. The van der Waals surface area contributed by atoms with Crippen molar-refractivity contribution in [2.45, 2.75) is 19.8 Å². The molecular formula is C11H14BNO3. The van der Waals surface area contributed by atoms with Crippen LogP contribution >= 0.6 is 0 Å². The maximum Gasteiger partial charge on any atom is 0.305 e. The van der Waals surface area contributed by atoms with E-state index in [1.165, 1.54) is 0 Å². The minimum Gasteiger partial charge on any atom is -0.492 e. The van der Waals surface area contributed by atoms with E-state index in [1.54, 1.807) is 25.4 Å². The maximum atomic E-state index is 11.0. The second kappa shape index (κ2) is 6.88. The number of carbonyl (C=O) groups is 1. The van der Waals surface area contributed by atoms with Crippen LogP contribution in [0.1, 0.15) is 19.8 Å². The zero-order valence-corrected chi connectivity index (χ0v) is 9.31. The molecule has 1 heterocycles. The molecule has 1 aromatic rings. The number of hydrogen-bond acceptors (Lipinski definition) is 4. The van der Waals surface area contributed by atoms with Crippen LogP contribution in [-0.4, -0.2) is 32.0 Å². The van der Waals surface area contributed by atoms with Crippen molar-refractivity contribution in [3.8, 4) is 5.75 Å². The Morgan fingerprint density at radius 3 is 3.00 bits per heavy atom. The summed E-state index contributed by atoms with van der Waals surface area (Å²) in [6, 6.07) is 1.69. The Bertz CT molecular complexity index is 344. The Labute approximate surface area is 96.4 Å². The molecule has 0 bridgehead atoms. The van der Waals surface area contributed by atoms with Gasteiger partial charge in [-0.2, -0.15) is 0 Å². The Hall–Kier alpha value is -1.52. The molecule has 4 nitrogen and oxygen atoms in total. The van der Waals surface area contributed by atoms with Gasteiger partial charge >= 0.3 is 5.97 Å². The standard InChI is InChI=1S/C11H14BNO3/c1-2-15-11(14)4-3-5-16-10-6-9(12)7-13-8-10/h6-8H,2-5H2,1H3. The van der Waals surface area contributed by atoms with Gasteiger partial charge in [-0.3, -0.25) is 9.78 Å². The predicted octanol–water partition coefficient (Wildman–Crippen LogP) is 0.597. The molecule has 5 heteroatoms. The van der Waals surface area contributed by atoms with Crippen LogP contribution in [0.4, 0.5) is 0 Å². The van der Waals surface area contributed by atoms with Crippen LogP contribution in [-0.2, 0) is 9.53 Å². The number of aromatic nitrogens is 1. The molecule has 1 aromatic heterocycles. The first-order valence-electron chi connectivity index (χ1n) is 5.21. The largest absolute Gasteiger partial charge is 0.492 e. The Morgan fingerprint density at radius 2 is 2.31 bits per heavy atom. The number of pyridine rings is 1. The Balaban J connectivity index is 2.18. The minimum absolute atomic E-state index is 0.197. The first-order chi connectivity index (χ1) is 7.72. The summed E-state index contributed by atoms with van der Waals surface area (Å²) in [6.45, 7) is 2.65. The molecule has 0 saturated heterocycles. The minimum atomic E-state index is -0.197. The molecule has 0 N–H and O–H groups in total. The third-order valence-electron chi connectivity index (χ3n) is 1.83. The lowest BCUT2D eigenvalue weighted by Gasteiger charge is -2.06. The van der Waals surface area contributed by atoms with Gasteiger partial charge in [-0.25, -0.2) is 0 Å². The van der Waals surface area contributed by atoms with Crippen LogP contribution in [0.25, 0.3) is 0 Å². The fourth-order valence-corrected chi connectivity index (χ4v) is 1.15. The van der Waals surface area contributed by atoms with E-state index in [4.69, 9.17) is 17.3 Å². The summed E-state index contributed by atoms with van der Waals surface area (Å²) >= 11 is 0. The molecule has 0 aromatic carbocycles. The van der Waals surface area contributed by atoms with E-state index in [2.05, 4.69) is 4.98 Å². The van der Waals surface area contributed by atoms with Crippen molar-refractivity contribution < 1.29 is 14.3 Å². The van der Waals surface area contributed by atoms with Crippen molar-refractivity contribution >= 4 is 19.3 Å². The van der Waals surface area contributed by atoms with Crippen molar-refractivity contribution in [2.24, 2.45) is 0 Å². The molecule has 0 aliphatic carbocycles. The van der Waals surface area contributed by atoms with Crippen LogP contribution in [0.2, 0.25) is 0 Å². The normalized spacial score (nSPS) is 9.81. The van der Waals surface area contributed by atoms with Crippen LogP contribution in [0.3, 0.4) is 0 Å². The second-order valence-electron chi connectivity index (χ2n) is 3.21. The average molecular weight is 219 g/mol. The molecule has 0 spiro atoms. The van der Waals surface area contributed by atoms with E-state index in [9.17, 15) is 4.79 Å². The van der Waals surface area contributed by atoms with Crippen molar-refractivity contribution in [1.29, 1.82) is 0 Å². The molecule has 2 radical (unpaired) electrons. The molecule has 0 unspecified atom stereocenters. The van der Waals surface area contributed by atoms with Gasteiger partial charge in [0.05, 0.1) is 19.4 Å². The first kappa shape index (κ1) is 12.6. The number of rotatable bonds is 6. The maximum absolute atomic E-state index is 11.0. The van der Waals surface area contributed by atoms with Crippen LogP contribution in [0, 0.1) is 0 Å². The quantitative estimate of drug-likeness (QED) is 0.399. The lowest BCUT2D eigenvalue weighted by Crippen LogP contribution is -2.08. The van der Waals surface area contributed by atoms with Gasteiger partial charge < -0.3 is 9.47 Å². The average Bonchev–Trinajstić information content (AvgIpc) is 2.25. The first-order valence-corrected chi connectivity index (χ1v) is 5.21. The molecule has 0 fully saturated rings. The van der Waals surface area contributed by atoms with Crippen LogP contribution in [0.15, 0.2) is 18.5 Å². The highest BCUT2D eigenvalue weighted by molar-refractivity contribution is 6.32. The van der Waals surface area contributed by atoms with Crippen LogP contribution < -0.4 is 10.2 Å². The third kappa shape index (κ3) is 4.82. The van der Waals surface area contributed by atoms with E-state index >= 15 is 0 Å². The fourth-order valence-electron chi connectivity index (χ4n) is 1.15. The summed E-state index contributed by atoms with van der Waals surface area (Å²) in [4.78, 5) is 14.9. The van der Waals surface area contributed by atoms with E-state index in [1.807, 2.05) is 0 Å². The van der Waals surface area contributed by atoms with E-state index in [-0.39, 0.29) is 5.97 Å². The van der Waals surface area contributed by atoms with Gasteiger partial charge in [-0.1, -0.05) is 5.46 Å². The molecule has 16 heavy (non-hydrogen) atoms. The highest BCUT2D eigenvalue weighted by atomic mass is 16.5. The van der Waals surface area contributed by atoms with Crippen molar-refractivity contribution in [1.82, 2.24) is 4.98 Å². The summed E-state index contributed by atoms with van der Waals surface area (Å²) in [6.07, 6.45) is 4.11. The molecule has 0 aliphatic heterocycles. The topological polar surface area (TPSA) is 48.4 Å². The van der Waals surface area contributed by atoms with E-state index in [0.717, 1.165) is 0 Å². The zero-order valence-electron chi connectivity index (χ0n) is 9.31. The number of carbonyl (C=O) groups excluding carboxylic acids is 1. The summed E-state index contributed by atoms with van der Waals surface area (Å²) in [5.74, 6) is 0.417. The zero-order chi connectivity index (χ0) is 11.8. The van der Waals surface area contributed by atoms with Crippen molar-refractivity contribution in [2.75, 3.05) is 13.2 Å². The predicted molar refractivity (Wildman–Crippen MR) is 61.0 cm³/mol. The smallest absolute Gasteiger partial charge is 0.305 e. The van der Waals surface area contributed by atoms with Gasteiger partial charge in [-0.15, -0.1) is 0 Å². The van der Waals surface area contributed by atoms with Crippen molar-refractivity contribution in [3.05, 3.63) is 18.5 Å². The SMILES string of the molecule is [B]c1cncc(OCCCC(=O)OCC)c1. The van der Waals surface area contributed by atoms with Gasteiger partial charge in [0.1, 0.15) is 13.6 Å². The highest BCUT2D eigenvalue weighted by Gasteiger charge is 2.01. The fraction of sp³-hybridized carbons (Fsp3) is 0.455. The lowest BCUT2D eigenvalue weighted by molar-refractivity contribution is -0.143. The van der Waals surface area contributed by atoms with Gasteiger partial charge in [0.25, 0.3) is 0 Å². The van der Waals surface area contributed by atoms with Crippen LogP contribution in [0.5, 0.6) is 5.75 Å². The molecule has 0 amide bonds. The number of ether oxygens (including phenoxy) is 2. The van der Waals surface area contributed by atoms with Gasteiger partial charge in [0, 0.05) is 12.6 Å². The summed E-state index contributed by atoms with van der Waals surface area (Å²) in [5, 5.41) is 0. The van der Waals surface area contributed by atoms with E-state index < -0.39 is 0 Å². The second-order valence-corrected chi connectivity index (χ2v) is 3.21. The molecule has 0 aliphatic rings. The monoisotopic (exact) mass is 219 g/mol. The molecule has 0 atom stereocenters. The summed E-state index contributed by atoms with van der Waals surface area (Å²) in [7, 11) is 5.53. The number of esters is 1.